The van der Waals surface area contributed by atoms with E-state index in [1.54, 1.807) is 0 Å². The van der Waals surface area contributed by atoms with E-state index in [0.29, 0.717) is 10.8 Å². The fourth-order valence-corrected chi connectivity index (χ4v) is 3.74. The van der Waals surface area contributed by atoms with Crippen molar-refractivity contribution in [2.45, 2.75) is 46.1 Å². The molecule has 1 heterocycles. The largest absolute Gasteiger partial charge is 0.303 e. The summed E-state index contributed by atoms with van der Waals surface area (Å²) in [5.74, 6) is 0. The zero-order chi connectivity index (χ0) is 8.98. The van der Waals surface area contributed by atoms with Crippen molar-refractivity contribution >= 4 is 0 Å². The summed E-state index contributed by atoms with van der Waals surface area (Å²) < 4.78 is 0. The smallest absolute Gasteiger partial charge is 0.0103 e. The van der Waals surface area contributed by atoms with Crippen molar-refractivity contribution in [2.24, 2.45) is 10.8 Å². The molecule has 1 nitrogen and oxygen atoms in total. The molecule has 2 rings (SSSR count). The molecule has 2 bridgehead atoms. The molecule has 0 spiro atoms. The van der Waals surface area contributed by atoms with Crippen LogP contribution in [-0.2, 0) is 0 Å². The van der Waals surface area contributed by atoms with Gasteiger partial charge in [-0.05, 0) is 37.1 Å². The van der Waals surface area contributed by atoms with Crippen LogP contribution in [0.25, 0.3) is 0 Å². The summed E-state index contributed by atoms with van der Waals surface area (Å²) in [6.07, 6.45) is 4.26. The molecular weight excluding hydrogens is 146 g/mol. The van der Waals surface area contributed by atoms with E-state index in [1.165, 1.54) is 25.8 Å². The summed E-state index contributed by atoms with van der Waals surface area (Å²) in [5.41, 5.74) is 1.21. The monoisotopic (exact) mass is 167 g/mol. The lowest BCUT2D eigenvalue weighted by Gasteiger charge is -2.39. The van der Waals surface area contributed by atoms with Gasteiger partial charge in [-0.2, -0.15) is 0 Å². The number of nitrogens with zero attached hydrogens (tertiary/aromatic N) is 1. The number of hydrogen-bond donors (Lipinski definition) is 0. The van der Waals surface area contributed by atoms with Crippen LogP contribution < -0.4 is 0 Å². The van der Waals surface area contributed by atoms with Gasteiger partial charge in [0.2, 0.25) is 0 Å². The minimum atomic E-state index is 0.586. The Balaban J connectivity index is 2.22. The first-order chi connectivity index (χ1) is 5.40. The van der Waals surface area contributed by atoms with Crippen LogP contribution in [0.3, 0.4) is 0 Å². The molecule has 0 aromatic carbocycles. The SMILES string of the molecule is CN1C[C@]2(C)C[C@@H]1CC(C)(C)C2. The van der Waals surface area contributed by atoms with Gasteiger partial charge in [0.15, 0.2) is 0 Å². The Morgan fingerprint density at radius 2 is 1.83 bits per heavy atom. The third kappa shape index (κ3) is 1.28. The van der Waals surface area contributed by atoms with Crippen LogP contribution in [0.15, 0.2) is 0 Å². The van der Waals surface area contributed by atoms with E-state index in [9.17, 15) is 0 Å². The average Bonchev–Trinajstić information content (AvgIpc) is 1.99. The van der Waals surface area contributed by atoms with Crippen molar-refractivity contribution in [2.75, 3.05) is 13.6 Å². The van der Waals surface area contributed by atoms with Crippen LogP contribution in [0.4, 0.5) is 0 Å². The van der Waals surface area contributed by atoms with Crippen molar-refractivity contribution in [1.82, 2.24) is 4.90 Å². The summed E-state index contributed by atoms with van der Waals surface area (Å²) in [4.78, 5) is 2.56. The first kappa shape index (κ1) is 8.55. The van der Waals surface area contributed by atoms with Crippen LogP contribution in [-0.4, -0.2) is 24.5 Å². The van der Waals surface area contributed by atoms with E-state index in [-0.39, 0.29) is 0 Å². The molecule has 0 N–H and O–H groups in total. The zero-order valence-corrected chi connectivity index (χ0v) is 8.85. The van der Waals surface area contributed by atoms with Crippen molar-refractivity contribution in [3.63, 3.8) is 0 Å². The van der Waals surface area contributed by atoms with Crippen LogP contribution in [0.2, 0.25) is 0 Å². The number of hydrogen-bond acceptors (Lipinski definition) is 1. The van der Waals surface area contributed by atoms with Crippen LogP contribution in [0.5, 0.6) is 0 Å². The molecule has 1 aliphatic carbocycles. The molecule has 1 saturated heterocycles. The normalized spacial score (nSPS) is 46.5. The van der Waals surface area contributed by atoms with Gasteiger partial charge < -0.3 is 4.90 Å². The highest BCUT2D eigenvalue weighted by Gasteiger charge is 2.48. The molecule has 0 aromatic heterocycles. The fourth-order valence-electron chi connectivity index (χ4n) is 3.74. The maximum absolute atomic E-state index is 2.56. The van der Waals surface area contributed by atoms with E-state index in [1.807, 2.05) is 0 Å². The first-order valence-electron chi connectivity index (χ1n) is 5.11. The molecule has 12 heavy (non-hydrogen) atoms. The highest BCUT2D eigenvalue weighted by Crippen LogP contribution is 2.51. The van der Waals surface area contributed by atoms with E-state index in [2.05, 4.69) is 32.7 Å². The predicted octanol–water partition coefficient (Wildman–Crippen LogP) is 2.52. The quantitative estimate of drug-likeness (QED) is 0.536. The maximum Gasteiger partial charge on any atom is 0.0103 e. The Labute approximate surface area is 76.1 Å². The first-order valence-corrected chi connectivity index (χ1v) is 5.11. The predicted molar refractivity (Wildman–Crippen MR) is 52.2 cm³/mol. The lowest BCUT2D eigenvalue weighted by molar-refractivity contribution is 0.130. The topological polar surface area (TPSA) is 3.24 Å². The highest BCUT2D eigenvalue weighted by atomic mass is 15.2. The molecule has 2 fully saturated rings. The van der Waals surface area contributed by atoms with Gasteiger partial charge in [-0.15, -0.1) is 0 Å². The molecule has 0 aromatic rings. The number of rotatable bonds is 0. The van der Waals surface area contributed by atoms with Gasteiger partial charge >= 0.3 is 0 Å². The zero-order valence-electron chi connectivity index (χ0n) is 8.85. The second-order valence-corrected chi connectivity index (χ2v) is 6.13. The van der Waals surface area contributed by atoms with Crippen LogP contribution >= 0.6 is 0 Å². The second-order valence-electron chi connectivity index (χ2n) is 6.13. The molecular formula is C11H21N. The van der Waals surface area contributed by atoms with E-state index >= 15 is 0 Å². The molecule has 1 aliphatic heterocycles. The Bertz CT molecular complexity index is 193. The Morgan fingerprint density at radius 3 is 2.42 bits per heavy atom. The van der Waals surface area contributed by atoms with Gasteiger partial charge in [-0.1, -0.05) is 20.8 Å². The lowest BCUT2D eigenvalue weighted by atomic mass is 9.65. The van der Waals surface area contributed by atoms with Crippen LogP contribution in [0, 0.1) is 10.8 Å². The average molecular weight is 167 g/mol. The molecule has 0 amide bonds. The Morgan fingerprint density at radius 1 is 1.17 bits per heavy atom. The Hall–Kier alpha value is -0.0400. The van der Waals surface area contributed by atoms with Crippen molar-refractivity contribution in [1.29, 1.82) is 0 Å². The molecule has 2 aliphatic rings. The van der Waals surface area contributed by atoms with E-state index in [4.69, 9.17) is 0 Å². The van der Waals surface area contributed by atoms with Crippen LogP contribution in [0.1, 0.15) is 40.0 Å². The molecule has 2 atom stereocenters. The summed E-state index contributed by atoms with van der Waals surface area (Å²) >= 11 is 0. The van der Waals surface area contributed by atoms with Gasteiger partial charge in [-0.25, -0.2) is 0 Å². The number of likely N-dealkylation sites (tertiary alicyclic amines) is 1. The molecule has 70 valence electrons. The van der Waals surface area contributed by atoms with Crippen molar-refractivity contribution < 1.29 is 0 Å². The summed E-state index contributed by atoms with van der Waals surface area (Å²) in [7, 11) is 2.29. The fraction of sp³-hybridized carbons (Fsp3) is 1.00. The summed E-state index contributed by atoms with van der Waals surface area (Å²) in [5, 5.41) is 0. The number of fused-ring (bicyclic) bond motifs is 2. The van der Waals surface area contributed by atoms with Gasteiger partial charge in [0.1, 0.15) is 0 Å². The third-order valence-corrected chi connectivity index (χ3v) is 3.68. The Kier molecular flexibility index (Phi) is 1.61. The summed E-state index contributed by atoms with van der Waals surface area (Å²) in [6, 6.07) is 0.874. The minimum Gasteiger partial charge on any atom is -0.303 e. The van der Waals surface area contributed by atoms with Gasteiger partial charge in [0.25, 0.3) is 0 Å². The second kappa shape index (κ2) is 2.25. The standard InChI is InChI=1S/C11H21N/c1-10(2)5-9-6-11(3,7-10)8-12(9)4/h9H,5-8H2,1-4H3/t9-,11+/m0/s1. The van der Waals surface area contributed by atoms with Gasteiger partial charge in [0.05, 0.1) is 0 Å². The lowest BCUT2D eigenvalue weighted by Crippen LogP contribution is -2.33. The maximum atomic E-state index is 2.56. The summed E-state index contributed by atoms with van der Waals surface area (Å²) in [6.45, 7) is 8.64. The van der Waals surface area contributed by atoms with Crippen molar-refractivity contribution in [3.8, 4) is 0 Å². The highest BCUT2D eigenvalue weighted by molar-refractivity contribution is 5.01. The minimum absolute atomic E-state index is 0.586. The van der Waals surface area contributed by atoms with Crippen molar-refractivity contribution in [3.05, 3.63) is 0 Å². The van der Waals surface area contributed by atoms with Gasteiger partial charge in [-0.3, -0.25) is 0 Å². The molecule has 1 saturated carbocycles. The third-order valence-electron chi connectivity index (χ3n) is 3.68. The molecule has 0 unspecified atom stereocenters. The molecule has 1 heteroatoms. The van der Waals surface area contributed by atoms with E-state index < -0.39 is 0 Å². The van der Waals surface area contributed by atoms with E-state index in [0.717, 1.165) is 6.04 Å². The molecule has 0 radical (unpaired) electrons. The van der Waals surface area contributed by atoms with Gasteiger partial charge in [0, 0.05) is 12.6 Å².